The predicted molar refractivity (Wildman–Crippen MR) is 120 cm³/mol. The highest BCUT2D eigenvalue weighted by atomic mass is 16.2. The van der Waals surface area contributed by atoms with Crippen LogP contribution in [0.25, 0.3) is 11.3 Å². The maximum Gasteiger partial charge on any atom is 0.253 e. The Kier molecular flexibility index (Phi) is 5.93. The maximum absolute atomic E-state index is 12.9. The third-order valence-corrected chi connectivity index (χ3v) is 5.47. The van der Waals surface area contributed by atoms with E-state index in [1.54, 1.807) is 11.0 Å². The first-order valence-corrected chi connectivity index (χ1v) is 10.4. The molecule has 7 nitrogen and oxygen atoms in total. The van der Waals surface area contributed by atoms with Gasteiger partial charge in [-0.2, -0.15) is 0 Å². The minimum Gasteiger partial charge on any atom is -0.369 e. The predicted octanol–water partition coefficient (Wildman–Crippen LogP) is 3.53. The van der Waals surface area contributed by atoms with Crippen LogP contribution in [0.3, 0.4) is 0 Å². The lowest BCUT2D eigenvalue weighted by molar-refractivity contribution is -0.123. The number of carbonyl (C=O) groups is 2. The van der Waals surface area contributed by atoms with Gasteiger partial charge < -0.3 is 16.0 Å². The number of rotatable bonds is 5. The topological polar surface area (TPSA) is 101 Å². The zero-order valence-corrected chi connectivity index (χ0v) is 17.4. The second kappa shape index (κ2) is 8.95. The van der Waals surface area contributed by atoms with Crippen LogP contribution in [0.4, 0.5) is 11.5 Å². The fourth-order valence-electron chi connectivity index (χ4n) is 3.82. The molecule has 0 spiro atoms. The number of piperidine rings is 1. The molecule has 1 aromatic heterocycles. The van der Waals surface area contributed by atoms with Crippen molar-refractivity contribution in [2.75, 3.05) is 18.4 Å². The summed E-state index contributed by atoms with van der Waals surface area (Å²) in [5.74, 6) is 0.854. The number of likely N-dealkylation sites (tertiary alicyclic amines) is 1. The Hall–Kier alpha value is -3.74. The second-order valence-electron chi connectivity index (χ2n) is 7.73. The fraction of sp³-hybridized carbons (Fsp3) is 0.250. The average Bonchev–Trinajstić information content (AvgIpc) is 2.79. The van der Waals surface area contributed by atoms with Crippen molar-refractivity contribution < 1.29 is 9.59 Å². The van der Waals surface area contributed by atoms with E-state index in [4.69, 9.17) is 5.73 Å². The van der Waals surface area contributed by atoms with Crippen LogP contribution in [0.15, 0.2) is 60.7 Å². The second-order valence-corrected chi connectivity index (χ2v) is 7.73. The number of primary amides is 1. The first kappa shape index (κ1) is 20.5. The largest absolute Gasteiger partial charge is 0.369 e. The molecule has 0 radical (unpaired) electrons. The van der Waals surface area contributed by atoms with Gasteiger partial charge in [0.15, 0.2) is 0 Å². The summed E-state index contributed by atoms with van der Waals surface area (Å²) < 4.78 is 0. The van der Waals surface area contributed by atoms with Gasteiger partial charge in [-0.05, 0) is 38.0 Å². The number of nitrogens with one attached hydrogen (secondary N) is 1. The molecule has 2 heterocycles. The van der Waals surface area contributed by atoms with E-state index >= 15 is 0 Å². The average molecular weight is 415 g/mol. The quantitative estimate of drug-likeness (QED) is 0.664. The van der Waals surface area contributed by atoms with Gasteiger partial charge in [0.1, 0.15) is 11.6 Å². The molecule has 0 atom stereocenters. The number of aromatic nitrogens is 2. The number of hydrogen-bond donors (Lipinski definition) is 2. The first-order valence-electron chi connectivity index (χ1n) is 10.4. The summed E-state index contributed by atoms with van der Waals surface area (Å²) in [6.45, 7) is 2.93. The minimum absolute atomic E-state index is 0.0459. The van der Waals surface area contributed by atoms with Crippen LogP contribution in [0, 0.1) is 12.8 Å². The highest BCUT2D eigenvalue weighted by Crippen LogP contribution is 2.24. The van der Waals surface area contributed by atoms with Crippen molar-refractivity contribution in [3.8, 4) is 11.3 Å². The highest BCUT2D eigenvalue weighted by Gasteiger charge is 2.26. The zero-order valence-electron chi connectivity index (χ0n) is 17.4. The molecule has 1 fully saturated rings. The summed E-state index contributed by atoms with van der Waals surface area (Å²) in [6, 6.07) is 19.2. The fourth-order valence-corrected chi connectivity index (χ4v) is 3.82. The molecule has 31 heavy (non-hydrogen) atoms. The third kappa shape index (κ3) is 4.88. The summed E-state index contributed by atoms with van der Waals surface area (Å²) in [5, 5.41) is 3.29. The molecule has 0 bridgehead atoms. The van der Waals surface area contributed by atoms with Crippen LogP contribution in [0.1, 0.15) is 29.0 Å². The molecule has 0 saturated carbocycles. The molecule has 3 N–H and O–H groups in total. The molecule has 0 unspecified atom stereocenters. The van der Waals surface area contributed by atoms with E-state index in [-0.39, 0.29) is 17.7 Å². The summed E-state index contributed by atoms with van der Waals surface area (Å²) in [7, 11) is 0. The van der Waals surface area contributed by atoms with Crippen molar-refractivity contribution in [2.45, 2.75) is 19.8 Å². The third-order valence-electron chi connectivity index (χ3n) is 5.47. The van der Waals surface area contributed by atoms with Crippen molar-refractivity contribution in [2.24, 2.45) is 11.7 Å². The van der Waals surface area contributed by atoms with E-state index in [1.165, 1.54) is 0 Å². The first-order chi connectivity index (χ1) is 15.0. The van der Waals surface area contributed by atoms with Gasteiger partial charge in [0, 0.05) is 41.9 Å². The van der Waals surface area contributed by atoms with Crippen molar-refractivity contribution >= 4 is 23.3 Å². The molecule has 1 aliphatic rings. The number of carbonyl (C=O) groups excluding carboxylic acids is 2. The van der Waals surface area contributed by atoms with E-state index in [9.17, 15) is 9.59 Å². The summed E-state index contributed by atoms with van der Waals surface area (Å²) >= 11 is 0. The van der Waals surface area contributed by atoms with Crippen molar-refractivity contribution in [1.29, 1.82) is 0 Å². The van der Waals surface area contributed by atoms with Crippen LogP contribution in [-0.2, 0) is 4.79 Å². The van der Waals surface area contributed by atoms with E-state index in [0.29, 0.717) is 43.1 Å². The van der Waals surface area contributed by atoms with Crippen LogP contribution in [0.2, 0.25) is 0 Å². The Morgan fingerprint density at radius 2 is 1.74 bits per heavy atom. The SMILES string of the molecule is Cc1nc(Nc2cccc(C(=O)N3CCC(C(N)=O)CC3)c2)cc(-c2ccccc2)n1. The van der Waals surface area contributed by atoms with Crippen molar-refractivity contribution in [3.05, 3.63) is 72.1 Å². The molecule has 3 aromatic rings. The van der Waals surface area contributed by atoms with Gasteiger partial charge >= 0.3 is 0 Å². The molecular weight excluding hydrogens is 390 g/mol. The minimum atomic E-state index is -0.284. The Bertz CT molecular complexity index is 1090. The number of benzene rings is 2. The lowest BCUT2D eigenvalue weighted by Crippen LogP contribution is -2.41. The normalized spacial score (nSPS) is 14.3. The molecular formula is C24H25N5O2. The number of aryl methyl sites for hydroxylation is 1. The van der Waals surface area contributed by atoms with Gasteiger partial charge in [0.05, 0.1) is 5.69 Å². The standard InChI is InChI=1S/C24H25N5O2/c1-16-26-21(17-6-3-2-4-7-17)15-22(27-16)28-20-9-5-8-19(14-20)24(31)29-12-10-18(11-13-29)23(25)30/h2-9,14-15,18H,10-13H2,1H3,(H2,25,30)(H,26,27,28). The van der Waals surface area contributed by atoms with Crippen LogP contribution >= 0.6 is 0 Å². The Balaban J connectivity index is 1.50. The lowest BCUT2D eigenvalue weighted by atomic mass is 9.96. The van der Waals surface area contributed by atoms with Crippen LogP contribution in [0.5, 0.6) is 0 Å². The van der Waals surface area contributed by atoms with E-state index in [1.807, 2.05) is 61.5 Å². The van der Waals surface area contributed by atoms with E-state index in [2.05, 4.69) is 15.3 Å². The monoisotopic (exact) mass is 415 g/mol. The number of nitrogens with two attached hydrogens (primary N) is 1. The van der Waals surface area contributed by atoms with Gasteiger partial charge in [0.25, 0.3) is 5.91 Å². The van der Waals surface area contributed by atoms with Crippen molar-refractivity contribution in [3.63, 3.8) is 0 Å². The van der Waals surface area contributed by atoms with Crippen LogP contribution in [-0.4, -0.2) is 39.8 Å². The Morgan fingerprint density at radius 1 is 1.00 bits per heavy atom. The summed E-state index contributed by atoms with van der Waals surface area (Å²) in [6.07, 6.45) is 1.23. The van der Waals surface area contributed by atoms with Gasteiger partial charge in [-0.1, -0.05) is 36.4 Å². The summed E-state index contributed by atoms with van der Waals surface area (Å²) in [4.78, 5) is 35.1. The molecule has 1 saturated heterocycles. The Labute approximate surface area is 181 Å². The number of anilines is 2. The number of hydrogen-bond acceptors (Lipinski definition) is 5. The van der Waals surface area contributed by atoms with Crippen LogP contribution < -0.4 is 11.1 Å². The molecule has 2 amide bonds. The highest BCUT2D eigenvalue weighted by molar-refractivity contribution is 5.95. The molecule has 7 heteroatoms. The molecule has 2 aromatic carbocycles. The van der Waals surface area contributed by atoms with E-state index < -0.39 is 0 Å². The molecule has 0 aliphatic carbocycles. The number of nitrogens with zero attached hydrogens (tertiary/aromatic N) is 3. The zero-order chi connectivity index (χ0) is 21.8. The van der Waals surface area contributed by atoms with Gasteiger partial charge in [-0.25, -0.2) is 9.97 Å². The molecule has 1 aliphatic heterocycles. The van der Waals surface area contributed by atoms with Gasteiger partial charge in [-0.15, -0.1) is 0 Å². The number of amides is 2. The molecule has 4 rings (SSSR count). The maximum atomic E-state index is 12.9. The van der Waals surface area contributed by atoms with Gasteiger partial charge in [0.2, 0.25) is 5.91 Å². The summed E-state index contributed by atoms with van der Waals surface area (Å²) in [5.41, 5.74) is 8.60. The van der Waals surface area contributed by atoms with Gasteiger partial charge in [-0.3, -0.25) is 9.59 Å². The lowest BCUT2D eigenvalue weighted by Gasteiger charge is -2.30. The van der Waals surface area contributed by atoms with E-state index in [0.717, 1.165) is 16.9 Å². The smallest absolute Gasteiger partial charge is 0.253 e. The van der Waals surface area contributed by atoms with Crippen molar-refractivity contribution in [1.82, 2.24) is 14.9 Å². The molecule has 158 valence electrons. The Morgan fingerprint density at radius 3 is 2.45 bits per heavy atom.